The van der Waals surface area contributed by atoms with E-state index in [1.165, 1.54) is 6.92 Å². The van der Waals surface area contributed by atoms with Gasteiger partial charge in [-0.3, -0.25) is 0 Å². The van der Waals surface area contributed by atoms with Crippen molar-refractivity contribution in [3.05, 3.63) is 34.4 Å². The third kappa shape index (κ3) is 3.07. The first-order chi connectivity index (χ1) is 7.64. The molecule has 17 heavy (non-hydrogen) atoms. The van der Waals surface area contributed by atoms with Gasteiger partial charge in [0.05, 0.1) is 11.4 Å². The van der Waals surface area contributed by atoms with Gasteiger partial charge in [0.25, 0.3) is 0 Å². The molecule has 0 radical (unpaired) electrons. The molecule has 0 aromatic heterocycles. The molecule has 2 unspecified atom stereocenters. The Labute approximate surface area is 103 Å². The number of aliphatic hydroxyl groups excluding tert-OH is 1. The predicted octanol–water partition coefficient (Wildman–Crippen LogP) is 2.08. The van der Waals surface area contributed by atoms with Crippen molar-refractivity contribution in [1.82, 2.24) is 0 Å². The smallest absolute Gasteiger partial charge is 0.152 e. The van der Waals surface area contributed by atoms with Gasteiger partial charge in [0, 0.05) is 6.26 Å². The van der Waals surface area contributed by atoms with E-state index in [1.54, 1.807) is 0 Å². The second-order valence-electron chi connectivity index (χ2n) is 4.77. The summed E-state index contributed by atoms with van der Waals surface area (Å²) >= 11 is 0. The van der Waals surface area contributed by atoms with Crippen molar-refractivity contribution in [2.75, 3.05) is 6.26 Å². The molecule has 1 aromatic carbocycles. The number of benzene rings is 1. The lowest BCUT2D eigenvalue weighted by Gasteiger charge is -2.20. The maximum Gasteiger partial charge on any atom is 0.152 e. The first-order valence-electron chi connectivity index (χ1n) is 5.59. The van der Waals surface area contributed by atoms with Crippen LogP contribution in [0.4, 0.5) is 0 Å². The van der Waals surface area contributed by atoms with Crippen LogP contribution in [0.1, 0.15) is 35.3 Å². The fraction of sp³-hybridized carbons (Fsp3) is 0.538. The second kappa shape index (κ2) is 4.78. The molecule has 2 atom stereocenters. The highest BCUT2D eigenvalue weighted by Crippen LogP contribution is 2.26. The maximum atomic E-state index is 11.4. The summed E-state index contributed by atoms with van der Waals surface area (Å²) in [5.74, 6) is 0. The lowest BCUT2D eigenvalue weighted by atomic mass is 9.96. The quantitative estimate of drug-likeness (QED) is 0.901. The van der Waals surface area contributed by atoms with E-state index in [0.717, 1.165) is 22.9 Å². The Bertz CT molecular complexity index is 518. The molecular weight excluding hydrogens is 236 g/mol. The molecule has 0 aliphatic heterocycles. The number of sulfone groups is 1. The molecule has 0 saturated carbocycles. The molecule has 1 N–H and O–H groups in total. The SMILES string of the molecule is Cc1cc(C)c(C(O)C(C)S(C)(=O)=O)cc1C. The van der Waals surface area contributed by atoms with Gasteiger partial charge >= 0.3 is 0 Å². The highest BCUT2D eigenvalue weighted by Gasteiger charge is 2.26. The standard InChI is InChI=1S/C13H20O3S/c1-8-6-10(3)12(7-9(8)2)13(14)11(4)17(5,15)16/h6-7,11,13-14H,1-5H3. The third-order valence-electron chi connectivity index (χ3n) is 3.32. The molecule has 1 rings (SSSR count). The Kier molecular flexibility index (Phi) is 3.99. The van der Waals surface area contributed by atoms with E-state index in [9.17, 15) is 13.5 Å². The van der Waals surface area contributed by atoms with E-state index >= 15 is 0 Å². The molecule has 0 amide bonds. The van der Waals surface area contributed by atoms with Crippen LogP contribution in [0.2, 0.25) is 0 Å². The van der Waals surface area contributed by atoms with E-state index in [0.29, 0.717) is 5.56 Å². The fourth-order valence-electron chi connectivity index (χ4n) is 1.79. The van der Waals surface area contributed by atoms with Crippen molar-refractivity contribution >= 4 is 9.84 Å². The van der Waals surface area contributed by atoms with Crippen molar-refractivity contribution in [2.45, 2.75) is 39.0 Å². The van der Waals surface area contributed by atoms with Gasteiger partial charge in [-0.25, -0.2) is 8.42 Å². The Morgan fingerprint density at radius 2 is 1.53 bits per heavy atom. The van der Waals surface area contributed by atoms with Crippen LogP contribution in [0.5, 0.6) is 0 Å². The van der Waals surface area contributed by atoms with Gasteiger partial charge in [-0.05, 0) is 49.9 Å². The molecule has 0 aliphatic rings. The summed E-state index contributed by atoms with van der Waals surface area (Å²) in [5.41, 5.74) is 3.83. The number of rotatable bonds is 3. The minimum atomic E-state index is -3.24. The van der Waals surface area contributed by atoms with E-state index in [1.807, 2.05) is 32.9 Å². The molecular formula is C13H20O3S. The minimum absolute atomic E-state index is 0.700. The Hall–Kier alpha value is -0.870. The highest BCUT2D eigenvalue weighted by molar-refractivity contribution is 7.91. The zero-order valence-corrected chi connectivity index (χ0v) is 11.8. The molecule has 4 heteroatoms. The van der Waals surface area contributed by atoms with Gasteiger partial charge in [-0.1, -0.05) is 12.1 Å². The average molecular weight is 256 g/mol. The van der Waals surface area contributed by atoms with Crippen LogP contribution in [0.25, 0.3) is 0 Å². The van der Waals surface area contributed by atoms with Gasteiger partial charge < -0.3 is 5.11 Å². The summed E-state index contributed by atoms with van der Waals surface area (Å²) in [6, 6.07) is 3.85. The summed E-state index contributed by atoms with van der Waals surface area (Å²) in [6.07, 6.45) is 0.182. The first kappa shape index (κ1) is 14.2. The van der Waals surface area contributed by atoms with Crippen LogP contribution >= 0.6 is 0 Å². The van der Waals surface area contributed by atoms with E-state index < -0.39 is 21.2 Å². The van der Waals surface area contributed by atoms with Crippen LogP contribution in [-0.4, -0.2) is 25.0 Å². The van der Waals surface area contributed by atoms with E-state index in [2.05, 4.69) is 0 Å². The molecule has 0 saturated heterocycles. The van der Waals surface area contributed by atoms with Crippen LogP contribution in [0.3, 0.4) is 0 Å². The number of hydrogen-bond donors (Lipinski definition) is 1. The topological polar surface area (TPSA) is 54.4 Å². The van der Waals surface area contributed by atoms with Crippen molar-refractivity contribution in [1.29, 1.82) is 0 Å². The predicted molar refractivity (Wildman–Crippen MR) is 69.9 cm³/mol. The van der Waals surface area contributed by atoms with E-state index in [4.69, 9.17) is 0 Å². The summed E-state index contributed by atoms with van der Waals surface area (Å²) in [6.45, 7) is 7.38. The maximum absolute atomic E-state index is 11.4. The minimum Gasteiger partial charge on any atom is -0.387 e. The summed E-state index contributed by atoms with van der Waals surface area (Å²) in [5, 5.41) is 9.35. The lowest BCUT2D eigenvalue weighted by molar-refractivity contribution is 0.175. The Morgan fingerprint density at radius 3 is 2.00 bits per heavy atom. The van der Waals surface area contributed by atoms with Crippen LogP contribution in [0.15, 0.2) is 12.1 Å². The van der Waals surface area contributed by atoms with Crippen molar-refractivity contribution in [3.63, 3.8) is 0 Å². The van der Waals surface area contributed by atoms with Crippen molar-refractivity contribution in [3.8, 4) is 0 Å². The van der Waals surface area contributed by atoms with Crippen molar-refractivity contribution in [2.24, 2.45) is 0 Å². The zero-order valence-electron chi connectivity index (χ0n) is 11.0. The molecule has 0 fully saturated rings. The molecule has 0 spiro atoms. The number of aliphatic hydroxyl groups is 1. The molecule has 0 bridgehead atoms. The van der Waals surface area contributed by atoms with E-state index in [-0.39, 0.29) is 0 Å². The number of hydrogen-bond acceptors (Lipinski definition) is 3. The van der Waals surface area contributed by atoms with Gasteiger partial charge in [0.2, 0.25) is 0 Å². The zero-order chi connectivity index (χ0) is 13.4. The van der Waals surface area contributed by atoms with Gasteiger partial charge in [0.1, 0.15) is 0 Å². The molecule has 1 aromatic rings. The molecule has 3 nitrogen and oxygen atoms in total. The van der Waals surface area contributed by atoms with Gasteiger partial charge in [0.15, 0.2) is 9.84 Å². The fourth-order valence-corrected chi connectivity index (χ4v) is 2.40. The monoisotopic (exact) mass is 256 g/mol. The summed E-state index contributed by atoms with van der Waals surface area (Å²) in [4.78, 5) is 0. The lowest BCUT2D eigenvalue weighted by Crippen LogP contribution is -2.25. The molecule has 0 aliphatic carbocycles. The molecule has 0 heterocycles. The second-order valence-corrected chi connectivity index (χ2v) is 7.18. The summed E-state index contributed by atoms with van der Waals surface area (Å²) in [7, 11) is -3.24. The van der Waals surface area contributed by atoms with Crippen LogP contribution in [-0.2, 0) is 9.84 Å². The summed E-state index contributed by atoms with van der Waals surface area (Å²) < 4.78 is 22.9. The number of aryl methyl sites for hydroxylation is 3. The van der Waals surface area contributed by atoms with Crippen molar-refractivity contribution < 1.29 is 13.5 Å². The molecule has 96 valence electrons. The normalized spacial score (nSPS) is 15.6. The van der Waals surface area contributed by atoms with Crippen LogP contribution < -0.4 is 0 Å². The Morgan fingerprint density at radius 1 is 1.06 bits per heavy atom. The van der Waals surface area contributed by atoms with Crippen LogP contribution in [0, 0.1) is 20.8 Å². The van der Waals surface area contributed by atoms with Gasteiger partial charge in [-0.15, -0.1) is 0 Å². The highest BCUT2D eigenvalue weighted by atomic mass is 32.2. The first-order valence-corrected chi connectivity index (χ1v) is 7.54. The largest absolute Gasteiger partial charge is 0.387 e. The third-order valence-corrected chi connectivity index (χ3v) is 4.93. The Balaban J connectivity index is 3.22. The van der Waals surface area contributed by atoms with Gasteiger partial charge in [-0.2, -0.15) is 0 Å². The average Bonchev–Trinajstić information content (AvgIpc) is 2.20.